The van der Waals surface area contributed by atoms with Crippen molar-refractivity contribution < 1.29 is 18.0 Å². The number of hydrogen-bond donors (Lipinski definition) is 1. The fraction of sp³-hybridized carbons (Fsp3) is 0.375. The molecule has 0 heterocycles. The molecular weight excluding hydrogens is 558 g/mol. The van der Waals surface area contributed by atoms with E-state index < -0.39 is 16.1 Å². The Morgan fingerprint density at radius 3 is 2.17 bits per heavy atom. The summed E-state index contributed by atoms with van der Waals surface area (Å²) in [5.74, 6) is -0.443. The van der Waals surface area contributed by atoms with E-state index >= 15 is 0 Å². The molecule has 2 amide bonds. The Labute approximate surface area is 249 Å². The van der Waals surface area contributed by atoms with Crippen LogP contribution in [0.15, 0.2) is 78.9 Å². The quantitative estimate of drug-likeness (QED) is 0.256. The molecule has 41 heavy (non-hydrogen) atoms. The molecule has 0 fully saturated rings. The number of hydrogen-bond acceptors (Lipinski definition) is 4. The van der Waals surface area contributed by atoms with Crippen molar-refractivity contribution in [3.05, 3.63) is 101 Å². The molecule has 0 spiro atoms. The van der Waals surface area contributed by atoms with E-state index in [9.17, 15) is 18.0 Å². The van der Waals surface area contributed by atoms with Crippen LogP contribution in [-0.4, -0.2) is 50.0 Å². The van der Waals surface area contributed by atoms with Crippen LogP contribution in [0, 0.1) is 6.92 Å². The summed E-state index contributed by atoms with van der Waals surface area (Å²) in [6.45, 7) is 6.15. The number of carbonyl (C=O) groups excluding carboxylic acids is 2. The number of anilines is 1. The van der Waals surface area contributed by atoms with Gasteiger partial charge in [-0.25, -0.2) is 8.42 Å². The zero-order valence-corrected chi connectivity index (χ0v) is 25.8. The maximum atomic E-state index is 13.9. The lowest BCUT2D eigenvalue weighted by molar-refractivity contribution is -0.141. The van der Waals surface area contributed by atoms with Crippen molar-refractivity contribution in [2.75, 3.05) is 17.1 Å². The van der Waals surface area contributed by atoms with E-state index in [1.54, 1.807) is 29.2 Å². The highest BCUT2D eigenvalue weighted by Crippen LogP contribution is 2.23. The minimum atomic E-state index is -3.57. The molecule has 0 aliphatic carbocycles. The van der Waals surface area contributed by atoms with Gasteiger partial charge < -0.3 is 10.2 Å². The Morgan fingerprint density at radius 1 is 0.927 bits per heavy atom. The molecule has 0 radical (unpaired) electrons. The van der Waals surface area contributed by atoms with Crippen molar-refractivity contribution in [1.29, 1.82) is 0 Å². The summed E-state index contributed by atoms with van der Waals surface area (Å²) in [6, 6.07) is 23.3. The van der Waals surface area contributed by atoms with Crippen LogP contribution in [0.3, 0.4) is 0 Å². The third-order valence-corrected chi connectivity index (χ3v) is 8.51. The third-order valence-electron chi connectivity index (χ3n) is 7.07. The van der Waals surface area contributed by atoms with Gasteiger partial charge in [-0.05, 0) is 61.6 Å². The van der Waals surface area contributed by atoms with E-state index in [-0.39, 0.29) is 37.4 Å². The maximum Gasteiger partial charge on any atom is 0.243 e. The molecule has 0 unspecified atom stereocenters. The molecule has 220 valence electrons. The first-order valence-corrected chi connectivity index (χ1v) is 16.1. The molecule has 3 aromatic rings. The summed E-state index contributed by atoms with van der Waals surface area (Å²) in [6.07, 6.45) is 2.65. The molecular formula is C32H40ClN3O4S. The van der Waals surface area contributed by atoms with Gasteiger partial charge in [-0.2, -0.15) is 0 Å². The van der Waals surface area contributed by atoms with Crippen LogP contribution in [-0.2, 0) is 32.6 Å². The highest BCUT2D eigenvalue weighted by atomic mass is 35.5. The lowest BCUT2D eigenvalue weighted by Crippen LogP contribution is -2.52. The Morgan fingerprint density at radius 2 is 1.56 bits per heavy atom. The van der Waals surface area contributed by atoms with E-state index in [1.807, 2.05) is 75.4 Å². The third kappa shape index (κ3) is 9.61. The van der Waals surface area contributed by atoms with Gasteiger partial charge in [-0.15, -0.1) is 0 Å². The number of carbonyl (C=O) groups is 2. The largest absolute Gasteiger partial charge is 0.352 e. The number of para-hydroxylation sites is 1. The van der Waals surface area contributed by atoms with E-state index in [1.165, 1.54) is 10.6 Å². The van der Waals surface area contributed by atoms with Crippen LogP contribution in [0.2, 0.25) is 5.02 Å². The van der Waals surface area contributed by atoms with E-state index in [4.69, 9.17) is 11.6 Å². The van der Waals surface area contributed by atoms with Crippen LogP contribution in [0.4, 0.5) is 5.69 Å². The summed E-state index contributed by atoms with van der Waals surface area (Å²) in [5.41, 5.74) is 3.21. The molecule has 3 aromatic carbocycles. The first-order chi connectivity index (χ1) is 19.5. The Hall–Kier alpha value is -3.36. The van der Waals surface area contributed by atoms with E-state index in [0.717, 1.165) is 23.1 Å². The lowest BCUT2D eigenvalue weighted by atomic mass is 10.0. The zero-order chi connectivity index (χ0) is 30.0. The molecule has 0 aliphatic heterocycles. The predicted octanol–water partition coefficient (Wildman–Crippen LogP) is 5.75. The minimum Gasteiger partial charge on any atom is -0.352 e. The smallest absolute Gasteiger partial charge is 0.243 e. The minimum absolute atomic E-state index is 0.0503. The van der Waals surface area contributed by atoms with Crippen molar-refractivity contribution >= 4 is 39.1 Å². The van der Waals surface area contributed by atoms with Gasteiger partial charge in [0.2, 0.25) is 21.8 Å². The van der Waals surface area contributed by atoms with Gasteiger partial charge in [0.15, 0.2) is 0 Å². The molecule has 2 atom stereocenters. The number of sulfonamides is 1. The second-order valence-corrected chi connectivity index (χ2v) is 12.7. The second kappa shape index (κ2) is 15.0. The van der Waals surface area contributed by atoms with Crippen LogP contribution < -0.4 is 9.62 Å². The molecule has 0 aromatic heterocycles. The fourth-order valence-electron chi connectivity index (χ4n) is 4.61. The standard InChI is InChI=1S/C32H40ClN3O4S/c1-5-25(3)34-32(38)30(22-26-13-7-6-8-14-26)35(23-27-17-19-28(33)20-18-27)31(37)16-11-21-36(41(4,39)40)29-15-10-9-12-24(29)2/h6-10,12-15,17-20,25,30H,5,11,16,21-23H2,1-4H3,(H,34,38)/t25-,30+/m1/s1. The van der Waals surface area contributed by atoms with Crippen LogP contribution in [0.25, 0.3) is 0 Å². The average molecular weight is 598 g/mol. The van der Waals surface area contributed by atoms with Crippen molar-refractivity contribution in [3.63, 3.8) is 0 Å². The van der Waals surface area contributed by atoms with Gasteiger partial charge in [0.1, 0.15) is 6.04 Å². The number of nitrogens with zero attached hydrogens (tertiary/aromatic N) is 2. The van der Waals surface area contributed by atoms with Gasteiger partial charge >= 0.3 is 0 Å². The van der Waals surface area contributed by atoms with Gasteiger partial charge in [0, 0.05) is 37.0 Å². The zero-order valence-electron chi connectivity index (χ0n) is 24.2. The van der Waals surface area contributed by atoms with Crippen molar-refractivity contribution in [2.24, 2.45) is 0 Å². The summed E-state index contributed by atoms with van der Waals surface area (Å²) in [7, 11) is -3.57. The molecule has 3 rings (SSSR count). The maximum absolute atomic E-state index is 13.9. The Balaban J connectivity index is 1.89. The van der Waals surface area contributed by atoms with Gasteiger partial charge in [-0.3, -0.25) is 13.9 Å². The predicted molar refractivity (Wildman–Crippen MR) is 166 cm³/mol. The Bertz CT molecular complexity index is 1400. The Kier molecular flexibility index (Phi) is 11.8. The summed E-state index contributed by atoms with van der Waals surface area (Å²) >= 11 is 6.10. The number of halogens is 1. The number of aryl methyl sites for hydroxylation is 1. The van der Waals surface area contributed by atoms with Crippen LogP contribution in [0.1, 0.15) is 49.8 Å². The average Bonchev–Trinajstić information content (AvgIpc) is 2.94. The summed E-state index contributed by atoms with van der Waals surface area (Å²) in [4.78, 5) is 29.1. The van der Waals surface area contributed by atoms with Gasteiger partial charge in [-0.1, -0.05) is 79.2 Å². The van der Waals surface area contributed by atoms with Crippen molar-refractivity contribution in [1.82, 2.24) is 10.2 Å². The highest BCUT2D eigenvalue weighted by Gasteiger charge is 2.31. The molecule has 1 N–H and O–H groups in total. The summed E-state index contributed by atoms with van der Waals surface area (Å²) in [5, 5.41) is 3.64. The number of benzene rings is 3. The number of amides is 2. The number of nitrogens with one attached hydrogen (secondary N) is 1. The van der Waals surface area contributed by atoms with Gasteiger partial charge in [0.05, 0.1) is 11.9 Å². The van der Waals surface area contributed by atoms with Gasteiger partial charge in [0.25, 0.3) is 0 Å². The van der Waals surface area contributed by atoms with Crippen molar-refractivity contribution in [2.45, 2.75) is 65.1 Å². The topological polar surface area (TPSA) is 86.8 Å². The first kappa shape index (κ1) is 32.2. The van der Waals surface area contributed by atoms with E-state index in [0.29, 0.717) is 23.6 Å². The molecule has 0 saturated carbocycles. The first-order valence-electron chi connectivity index (χ1n) is 13.9. The SMILES string of the molecule is CC[C@@H](C)NC(=O)[C@H](Cc1ccccc1)N(Cc1ccc(Cl)cc1)C(=O)CCCN(c1ccccc1C)S(C)(=O)=O. The highest BCUT2D eigenvalue weighted by molar-refractivity contribution is 7.92. The lowest BCUT2D eigenvalue weighted by Gasteiger charge is -2.33. The second-order valence-electron chi connectivity index (χ2n) is 10.4. The molecule has 0 saturated heterocycles. The summed E-state index contributed by atoms with van der Waals surface area (Å²) < 4.78 is 26.7. The fourth-order valence-corrected chi connectivity index (χ4v) is 5.76. The van der Waals surface area contributed by atoms with E-state index in [2.05, 4.69) is 5.32 Å². The van der Waals surface area contributed by atoms with Crippen LogP contribution >= 0.6 is 11.6 Å². The normalized spacial score (nSPS) is 12.8. The molecule has 7 nitrogen and oxygen atoms in total. The number of rotatable bonds is 14. The van der Waals surface area contributed by atoms with Crippen LogP contribution in [0.5, 0.6) is 0 Å². The monoisotopic (exact) mass is 597 g/mol. The molecule has 9 heteroatoms. The molecule has 0 bridgehead atoms. The molecule has 0 aliphatic rings. The van der Waals surface area contributed by atoms with Crippen molar-refractivity contribution in [3.8, 4) is 0 Å².